The van der Waals surface area contributed by atoms with Crippen molar-refractivity contribution in [3.63, 3.8) is 0 Å². The number of methoxy groups -OCH3 is 1. The molecule has 0 spiro atoms. The molecule has 10 nitrogen and oxygen atoms in total. The normalized spacial score (nSPS) is 17.2. The summed E-state index contributed by atoms with van der Waals surface area (Å²) in [6, 6.07) is 7.11. The number of amides is 1. The Bertz CT molecular complexity index is 1510. The zero-order valence-corrected chi connectivity index (χ0v) is 20.0. The van der Waals surface area contributed by atoms with Gasteiger partial charge in [0, 0.05) is 18.1 Å². The van der Waals surface area contributed by atoms with Gasteiger partial charge in [-0.2, -0.15) is 0 Å². The number of H-pyrrole nitrogens is 1. The maximum absolute atomic E-state index is 13.0. The van der Waals surface area contributed by atoms with Crippen LogP contribution in [-0.4, -0.2) is 49.8 Å². The van der Waals surface area contributed by atoms with E-state index < -0.39 is 6.09 Å². The molecule has 1 aromatic carbocycles. The highest BCUT2D eigenvalue weighted by atomic mass is 16.6. The van der Waals surface area contributed by atoms with Gasteiger partial charge < -0.3 is 14.5 Å². The topological polar surface area (TPSA) is 111 Å². The number of para-hydroxylation sites is 2. The van der Waals surface area contributed by atoms with E-state index in [0.717, 1.165) is 44.9 Å². The zero-order chi connectivity index (χ0) is 24.8. The van der Waals surface area contributed by atoms with Gasteiger partial charge in [-0.15, -0.1) is 0 Å². The average Bonchev–Trinajstić information content (AvgIpc) is 3.77. The second kappa shape index (κ2) is 8.90. The number of carbonyl (C=O) groups excluding carboxylic acids is 1. The quantitative estimate of drug-likeness (QED) is 0.533. The highest BCUT2D eigenvalue weighted by molar-refractivity contribution is 5.73. The van der Waals surface area contributed by atoms with Gasteiger partial charge in [0.05, 0.1) is 13.7 Å². The van der Waals surface area contributed by atoms with Crippen molar-refractivity contribution in [2.45, 2.75) is 63.1 Å². The molecule has 36 heavy (non-hydrogen) atoms. The Morgan fingerprint density at radius 2 is 1.78 bits per heavy atom. The molecular weight excluding hydrogens is 462 g/mol. The van der Waals surface area contributed by atoms with Crippen molar-refractivity contribution < 1.29 is 14.3 Å². The van der Waals surface area contributed by atoms with Crippen molar-refractivity contribution in [3.05, 3.63) is 50.9 Å². The highest BCUT2D eigenvalue weighted by Crippen LogP contribution is 2.37. The molecular formula is C26H27N5O5. The Kier molecular flexibility index (Phi) is 5.55. The van der Waals surface area contributed by atoms with Crippen LogP contribution in [0.2, 0.25) is 0 Å². The molecule has 2 aromatic heterocycles. The Morgan fingerprint density at radius 3 is 2.42 bits per heavy atom. The maximum Gasteiger partial charge on any atom is 0.416 e. The standard InChI is InChI=1S/C26H27N5O5/c1-35-19-8-2-3-9-20(19)36-26(34)29(16-6-4-7-16)15-5-10-21-27-22-23(28-21)30(17-11-12-17)25(33)31(24(22)32)18-13-14-18/h2-3,8-9,16-18H,4,6-7,11-15H2,1H3,(H,27,28). The molecule has 6 rings (SSSR count). The number of carbonyl (C=O) groups is 1. The first kappa shape index (κ1) is 22.5. The number of hydrogen-bond donors (Lipinski definition) is 1. The monoisotopic (exact) mass is 489 g/mol. The van der Waals surface area contributed by atoms with Crippen LogP contribution in [0.25, 0.3) is 11.2 Å². The fourth-order valence-corrected chi connectivity index (χ4v) is 4.58. The van der Waals surface area contributed by atoms with Crippen molar-refractivity contribution in [3.8, 4) is 23.3 Å². The van der Waals surface area contributed by atoms with Gasteiger partial charge in [0.2, 0.25) is 0 Å². The van der Waals surface area contributed by atoms with Crippen molar-refractivity contribution in [1.82, 2.24) is 24.0 Å². The van der Waals surface area contributed by atoms with E-state index in [0.29, 0.717) is 28.5 Å². The van der Waals surface area contributed by atoms with Gasteiger partial charge in [0.1, 0.15) is 0 Å². The van der Waals surface area contributed by atoms with Crippen molar-refractivity contribution in [2.24, 2.45) is 0 Å². The third kappa shape index (κ3) is 4.04. The van der Waals surface area contributed by atoms with Crippen LogP contribution < -0.4 is 20.7 Å². The van der Waals surface area contributed by atoms with Crippen LogP contribution in [0.5, 0.6) is 11.5 Å². The summed E-state index contributed by atoms with van der Waals surface area (Å²) in [7, 11) is 1.53. The van der Waals surface area contributed by atoms with Gasteiger partial charge in [0.25, 0.3) is 5.56 Å². The number of hydrogen-bond acceptors (Lipinski definition) is 6. The summed E-state index contributed by atoms with van der Waals surface area (Å²) < 4.78 is 13.9. The third-order valence-electron chi connectivity index (χ3n) is 7.05. The minimum absolute atomic E-state index is 0.0254. The lowest BCUT2D eigenvalue weighted by atomic mass is 9.92. The first-order valence-corrected chi connectivity index (χ1v) is 12.4. The van der Waals surface area contributed by atoms with Crippen LogP contribution in [0, 0.1) is 11.8 Å². The fraction of sp³-hybridized carbons (Fsp3) is 0.462. The van der Waals surface area contributed by atoms with E-state index in [-0.39, 0.29) is 35.9 Å². The van der Waals surface area contributed by atoms with E-state index in [1.54, 1.807) is 33.7 Å². The summed E-state index contributed by atoms with van der Waals surface area (Å²) >= 11 is 0. The molecule has 0 aliphatic heterocycles. The van der Waals surface area contributed by atoms with Crippen LogP contribution in [0.15, 0.2) is 33.9 Å². The van der Waals surface area contributed by atoms with Crippen LogP contribution in [-0.2, 0) is 0 Å². The number of imidazole rings is 1. The molecule has 3 aliphatic rings. The van der Waals surface area contributed by atoms with Gasteiger partial charge >= 0.3 is 11.8 Å². The van der Waals surface area contributed by atoms with E-state index in [2.05, 4.69) is 21.8 Å². The zero-order valence-electron chi connectivity index (χ0n) is 20.0. The number of ether oxygens (including phenoxy) is 2. The molecule has 0 atom stereocenters. The lowest BCUT2D eigenvalue weighted by Crippen LogP contribution is -2.45. The van der Waals surface area contributed by atoms with Crippen LogP contribution in [0.4, 0.5) is 4.79 Å². The predicted octanol–water partition coefficient (Wildman–Crippen LogP) is 2.97. The van der Waals surface area contributed by atoms with Gasteiger partial charge in [-0.1, -0.05) is 18.1 Å². The van der Waals surface area contributed by atoms with Crippen molar-refractivity contribution in [2.75, 3.05) is 13.7 Å². The number of nitrogens with zero attached hydrogens (tertiary/aromatic N) is 4. The minimum Gasteiger partial charge on any atom is -0.493 e. The van der Waals surface area contributed by atoms with Gasteiger partial charge in [-0.25, -0.2) is 14.6 Å². The summed E-state index contributed by atoms with van der Waals surface area (Å²) in [6.45, 7) is 0.150. The Balaban J connectivity index is 1.27. The van der Waals surface area contributed by atoms with E-state index in [4.69, 9.17) is 9.47 Å². The maximum atomic E-state index is 13.0. The van der Waals surface area contributed by atoms with E-state index in [9.17, 15) is 14.4 Å². The molecule has 0 unspecified atom stereocenters. The van der Waals surface area contributed by atoms with Gasteiger partial charge in [-0.05, 0) is 63.0 Å². The average molecular weight is 490 g/mol. The molecule has 2 heterocycles. The molecule has 3 aliphatic carbocycles. The number of aromatic amines is 1. The smallest absolute Gasteiger partial charge is 0.416 e. The number of benzene rings is 1. The number of aromatic nitrogens is 4. The lowest BCUT2D eigenvalue weighted by molar-refractivity contribution is 0.111. The lowest BCUT2D eigenvalue weighted by Gasteiger charge is -2.35. The second-order valence-electron chi connectivity index (χ2n) is 9.61. The number of rotatable bonds is 6. The van der Waals surface area contributed by atoms with E-state index >= 15 is 0 Å². The molecule has 1 N–H and O–H groups in total. The van der Waals surface area contributed by atoms with Crippen molar-refractivity contribution >= 4 is 17.3 Å². The van der Waals surface area contributed by atoms with Crippen molar-refractivity contribution in [1.29, 1.82) is 0 Å². The highest BCUT2D eigenvalue weighted by Gasteiger charge is 2.34. The molecule has 0 radical (unpaired) electrons. The molecule has 3 fully saturated rings. The number of fused-ring (bicyclic) bond motifs is 1. The third-order valence-corrected chi connectivity index (χ3v) is 7.05. The summed E-state index contributed by atoms with van der Waals surface area (Å²) in [4.78, 5) is 48.2. The molecule has 1 amide bonds. The van der Waals surface area contributed by atoms with Crippen LogP contribution in [0.3, 0.4) is 0 Å². The van der Waals surface area contributed by atoms with Crippen LogP contribution in [0.1, 0.15) is 62.9 Å². The van der Waals surface area contributed by atoms with Crippen LogP contribution >= 0.6 is 0 Å². The summed E-state index contributed by atoms with van der Waals surface area (Å²) in [6.07, 6.45) is 5.82. The summed E-state index contributed by atoms with van der Waals surface area (Å²) in [5, 5.41) is 0. The van der Waals surface area contributed by atoms with E-state index in [1.807, 2.05) is 0 Å². The Labute approximate surface area is 206 Å². The Morgan fingerprint density at radius 1 is 1.08 bits per heavy atom. The summed E-state index contributed by atoms with van der Waals surface area (Å²) in [5.74, 6) is 7.09. The predicted molar refractivity (Wildman–Crippen MR) is 131 cm³/mol. The summed E-state index contributed by atoms with van der Waals surface area (Å²) in [5.41, 5.74) is 0.0504. The Hall–Kier alpha value is -4.00. The molecule has 3 saturated carbocycles. The first-order valence-electron chi connectivity index (χ1n) is 12.4. The van der Waals surface area contributed by atoms with E-state index in [1.165, 1.54) is 11.7 Å². The molecule has 0 bridgehead atoms. The molecule has 0 saturated heterocycles. The largest absolute Gasteiger partial charge is 0.493 e. The van der Waals surface area contributed by atoms with Gasteiger partial charge in [-0.3, -0.25) is 18.8 Å². The van der Waals surface area contributed by atoms with Gasteiger partial charge in [0.15, 0.2) is 28.5 Å². The first-order chi connectivity index (χ1) is 17.5. The number of nitrogens with one attached hydrogen (secondary N) is 1. The minimum atomic E-state index is -0.488. The molecule has 10 heteroatoms. The fourth-order valence-electron chi connectivity index (χ4n) is 4.58. The molecule has 186 valence electrons. The SMILES string of the molecule is COc1ccccc1OC(=O)N(CC#Cc1nc2c([nH]1)c(=O)n(C1CC1)c(=O)n2C1CC1)C1CCC1. The second-order valence-corrected chi connectivity index (χ2v) is 9.61. The molecule has 3 aromatic rings.